The van der Waals surface area contributed by atoms with E-state index in [0.717, 1.165) is 74.7 Å². The van der Waals surface area contributed by atoms with Gasteiger partial charge in [0.05, 0.1) is 41.2 Å². The summed E-state index contributed by atoms with van der Waals surface area (Å²) in [5.41, 5.74) is 3.94. The van der Waals surface area contributed by atoms with E-state index in [0.29, 0.717) is 47.0 Å². The van der Waals surface area contributed by atoms with Crippen molar-refractivity contribution in [1.82, 2.24) is 30.2 Å². The Bertz CT molecular complexity index is 2450. The Morgan fingerprint density at radius 3 is 2.56 bits per heavy atom. The zero-order valence-corrected chi connectivity index (χ0v) is 37.0. The number of rotatable bonds is 9. The second-order valence-corrected chi connectivity index (χ2v) is 18.0. The molecule has 2 aromatic heterocycles. The molecule has 326 valence electrons. The fourth-order valence-electron chi connectivity index (χ4n) is 9.26. The minimum atomic E-state index is -0.385. The molecule has 1 aliphatic carbocycles. The van der Waals surface area contributed by atoms with Gasteiger partial charge in [0.2, 0.25) is 11.9 Å². The maximum absolute atomic E-state index is 13.5. The molecule has 0 unspecified atom stereocenters. The number of aromatic nitrogens is 4. The van der Waals surface area contributed by atoms with Crippen molar-refractivity contribution in [2.75, 3.05) is 49.6 Å². The smallest absolute Gasteiger partial charge is 0.254 e. The molecule has 8 rings (SSSR count). The van der Waals surface area contributed by atoms with Crippen LogP contribution in [0.2, 0.25) is 5.02 Å². The number of fused-ring (bicyclic) bond motifs is 7. The van der Waals surface area contributed by atoms with Crippen molar-refractivity contribution in [3.05, 3.63) is 125 Å². The number of piperidine rings is 1. The summed E-state index contributed by atoms with van der Waals surface area (Å²) in [5, 5.41) is 16.2. The third-order valence-electron chi connectivity index (χ3n) is 12.3. The first kappa shape index (κ1) is 43.6. The van der Waals surface area contributed by atoms with Crippen LogP contribution in [0.15, 0.2) is 104 Å². The van der Waals surface area contributed by atoms with Crippen LogP contribution in [0.4, 0.5) is 17.6 Å². The fraction of sp³-hybridized carbons (Fsp3) is 0.388. The van der Waals surface area contributed by atoms with Gasteiger partial charge in [0.1, 0.15) is 23.7 Å². The van der Waals surface area contributed by atoms with Crippen molar-refractivity contribution in [2.24, 2.45) is 10.8 Å². The molecular weight excluding hydrogens is 814 g/mol. The lowest BCUT2D eigenvalue weighted by molar-refractivity contribution is -0.164. The molecule has 3 aliphatic rings. The van der Waals surface area contributed by atoms with Gasteiger partial charge in [-0.25, -0.2) is 19.9 Å². The minimum Gasteiger partial charge on any atom is -0.493 e. The Balaban J connectivity index is 0.817. The first-order valence-electron chi connectivity index (χ1n) is 21.6. The third-order valence-corrected chi connectivity index (χ3v) is 12.6. The van der Waals surface area contributed by atoms with E-state index in [-0.39, 0.29) is 35.0 Å². The second-order valence-electron chi connectivity index (χ2n) is 17.6. The largest absolute Gasteiger partial charge is 0.493 e. The van der Waals surface area contributed by atoms with E-state index in [1.54, 1.807) is 36.8 Å². The van der Waals surface area contributed by atoms with Gasteiger partial charge in [0.25, 0.3) is 5.91 Å². The number of hydrogen-bond acceptors (Lipinski definition) is 12. The summed E-state index contributed by atoms with van der Waals surface area (Å²) in [7, 11) is 0. The molecule has 14 heteroatoms. The highest BCUT2D eigenvalue weighted by Gasteiger charge is 2.64. The summed E-state index contributed by atoms with van der Waals surface area (Å²) >= 11 is 6.26. The summed E-state index contributed by atoms with van der Waals surface area (Å²) in [6.07, 6.45) is 11.8. The van der Waals surface area contributed by atoms with Gasteiger partial charge in [0, 0.05) is 85.5 Å². The SMILES string of the molecule is CC1(C)[C@H](NC(=O)c2cnc(N3CCC(OCCN4C/C=C/CCOc5cccc(c5)-c5ccnc(n5)Nc5cccc(c5)C4)CC3)nc2)C(C)(C)[C@H]1Oc1ccc(C#N)c(Cl)c1. The summed E-state index contributed by atoms with van der Waals surface area (Å²) in [6.45, 7) is 13.3. The molecule has 5 aromatic rings. The normalized spacial score (nSPS) is 20.3. The van der Waals surface area contributed by atoms with Crippen LogP contribution >= 0.6 is 11.6 Å². The predicted molar refractivity (Wildman–Crippen MR) is 244 cm³/mol. The highest BCUT2D eigenvalue weighted by Crippen LogP contribution is 2.55. The minimum absolute atomic E-state index is 0.136. The van der Waals surface area contributed by atoms with Crippen molar-refractivity contribution in [3.8, 4) is 28.8 Å². The zero-order chi connectivity index (χ0) is 44.0. The first-order valence-corrected chi connectivity index (χ1v) is 22.0. The van der Waals surface area contributed by atoms with Crippen molar-refractivity contribution in [2.45, 2.75) is 71.8 Å². The Labute approximate surface area is 374 Å². The van der Waals surface area contributed by atoms with Gasteiger partial charge in [-0.15, -0.1) is 0 Å². The number of hydrogen-bond donors (Lipinski definition) is 2. The lowest BCUT2D eigenvalue weighted by Crippen LogP contribution is -2.74. The van der Waals surface area contributed by atoms with Crippen molar-refractivity contribution >= 4 is 35.1 Å². The molecule has 2 N–H and O–H groups in total. The lowest BCUT2D eigenvalue weighted by atomic mass is 9.49. The van der Waals surface area contributed by atoms with Crippen LogP contribution < -0.4 is 25.0 Å². The summed E-state index contributed by atoms with van der Waals surface area (Å²) in [6, 6.07) is 25.3. The summed E-state index contributed by atoms with van der Waals surface area (Å²) in [5.74, 6) is 2.32. The molecule has 2 fully saturated rings. The Morgan fingerprint density at radius 1 is 0.984 bits per heavy atom. The number of halogens is 1. The maximum Gasteiger partial charge on any atom is 0.254 e. The molecule has 0 atom stereocenters. The number of carbonyl (C=O) groups excluding carboxylic acids is 1. The molecule has 1 saturated heterocycles. The van der Waals surface area contributed by atoms with Crippen LogP contribution in [-0.2, 0) is 11.3 Å². The number of benzene rings is 3. The van der Waals surface area contributed by atoms with Gasteiger partial charge in [-0.1, -0.05) is 75.7 Å². The van der Waals surface area contributed by atoms with Crippen molar-refractivity contribution in [1.29, 1.82) is 5.26 Å². The highest BCUT2D eigenvalue weighted by molar-refractivity contribution is 6.31. The van der Waals surface area contributed by atoms with E-state index in [9.17, 15) is 10.1 Å². The second kappa shape index (κ2) is 19.1. The van der Waals surface area contributed by atoms with E-state index in [4.69, 9.17) is 30.8 Å². The van der Waals surface area contributed by atoms with Crippen LogP contribution in [0, 0.1) is 22.2 Å². The van der Waals surface area contributed by atoms with E-state index in [2.05, 4.69) is 99.5 Å². The Hall–Kier alpha value is -6.07. The van der Waals surface area contributed by atoms with E-state index in [1.165, 1.54) is 5.56 Å². The molecule has 2 aliphatic heterocycles. The van der Waals surface area contributed by atoms with Crippen LogP contribution in [0.1, 0.15) is 68.4 Å². The standard InChI is InChI=1S/C49H54ClN9O4/c1-48(2)44(49(3,4)45(48)63-40-15-14-35(29-51)41(50)28-40)57-43(60)36-30-53-47(54-31-36)59-21-17-38(18-22-59)62-25-23-58-20-6-5-7-24-61-39-13-9-11-34(27-39)42-16-19-52-46(56-42)55-37-12-8-10-33(26-37)32-58/h5-6,8-16,19,26-28,30-31,38,44-45H,7,17-18,20-25,32H2,1-4H3,(H,57,60)(H,52,55,56)/b6-5+/t44-,45-. The number of nitriles is 1. The molecule has 13 nitrogen and oxygen atoms in total. The average molecular weight is 868 g/mol. The van der Waals surface area contributed by atoms with E-state index in [1.807, 2.05) is 36.4 Å². The monoisotopic (exact) mass is 867 g/mol. The van der Waals surface area contributed by atoms with Gasteiger partial charge in [-0.2, -0.15) is 5.26 Å². The Kier molecular flexibility index (Phi) is 13.2. The van der Waals surface area contributed by atoms with Gasteiger partial charge in [-0.05, 0) is 67.3 Å². The van der Waals surface area contributed by atoms with Crippen LogP contribution in [0.25, 0.3) is 11.3 Å². The van der Waals surface area contributed by atoms with Crippen LogP contribution in [-0.4, -0.2) is 88.4 Å². The van der Waals surface area contributed by atoms with Crippen molar-refractivity contribution in [3.63, 3.8) is 0 Å². The molecular formula is C49H54ClN9O4. The molecule has 0 radical (unpaired) electrons. The topological polar surface area (TPSA) is 151 Å². The number of nitrogens with zero attached hydrogens (tertiary/aromatic N) is 7. The first-order chi connectivity index (χ1) is 30.5. The third kappa shape index (κ3) is 10.3. The molecule has 63 heavy (non-hydrogen) atoms. The molecule has 0 spiro atoms. The molecule has 3 aromatic carbocycles. The number of amides is 1. The van der Waals surface area contributed by atoms with E-state index >= 15 is 0 Å². The lowest BCUT2D eigenvalue weighted by Gasteiger charge is -2.63. The molecule has 1 amide bonds. The molecule has 6 bridgehead atoms. The van der Waals surface area contributed by atoms with Crippen LogP contribution in [0.3, 0.4) is 0 Å². The molecule has 1 saturated carbocycles. The summed E-state index contributed by atoms with van der Waals surface area (Å²) in [4.78, 5) is 36.5. The number of anilines is 3. The maximum atomic E-state index is 13.5. The van der Waals surface area contributed by atoms with Crippen molar-refractivity contribution < 1.29 is 19.0 Å². The number of nitrogens with one attached hydrogen (secondary N) is 2. The van der Waals surface area contributed by atoms with Gasteiger partial charge >= 0.3 is 0 Å². The number of carbonyl (C=O) groups is 1. The van der Waals surface area contributed by atoms with Gasteiger partial charge in [0.15, 0.2) is 0 Å². The highest BCUT2D eigenvalue weighted by atomic mass is 35.5. The van der Waals surface area contributed by atoms with E-state index < -0.39 is 0 Å². The fourth-order valence-corrected chi connectivity index (χ4v) is 9.48. The summed E-state index contributed by atoms with van der Waals surface area (Å²) < 4.78 is 18.9. The van der Waals surface area contributed by atoms with Gasteiger partial charge < -0.3 is 29.7 Å². The molecule has 4 heterocycles. The Morgan fingerprint density at radius 2 is 1.78 bits per heavy atom. The zero-order valence-electron chi connectivity index (χ0n) is 36.3. The average Bonchev–Trinajstić information content (AvgIpc) is 3.28. The van der Waals surface area contributed by atoms with Gasteiger partial charge in [-0.3, -0.25) is 9.69 Å². The quantitative estimate of drug-likeness (QED) is 0.137. The predicted octanol–water partition coefficient (Wildman–Crippen LogP) is 8.64. The number of ether oxygens (including phenoxy) is 3. The van der Waals surface area contributed by atoms with Crippen LogP contribution in [0.5, 0.6) is 11.5 Å².